The van der Waals surface area contributed by atoms with Crippen LogP contribution in [0.15, 0.2) is 47.0 Å². The molecule has 4 nitrogen and oxygen atoms in total. The van der Waals surface area contributed by atoms with Gasteiger partial charge >= 0.3 is 0 Å². The highest BCUT2D eigenvalue weighted by Gasteiger charge is 2.63. The van der Waals surface area contributed by atoms with Gasteiger partial charge in [0.1, 0.15) is 5.60 Å². The molecule has 2 saturated carbocycles. The van der Waals surface area contributed by atoms with E-state index in [1.807, 2.05) is 24.3 Å². The van der Waals surface area contributed by atoms with E-state index in [1.54, 1.807) is 6.92 Å². The second-order valence-corrected chi connectivity index (χ2v) is 12.0. The van der Waals surface area contributed by atoms with Gasteiger partial charge in [-0.15, -0.1) is 0 Å². The molecule has 4 aliphatic rings. The average molecular weight is 497 g/mol. The summed E-state index contributed by atoms with van der Waals surface area (Å²) in [6.45, 7) is 3.83. The molecule has 0 aliphatic heterocycles. The first kappa shape index (κ1) is 24.9. The molecule has 2 N–H and O–H groups in total. The van der Waals surface area contributed by atoms with E-state index in [1.165, 1.54) is 11.1 Å². The van der Waals surface area contributed by atoms with Crippen LogP contribution in [0.3, 0.4) is 0 Å². The number of aliphatic hydroxyl groups excluding tert-OH is 1. The lowest BCUT2D eigenvalue weighted by Gasteiger charge is -2.63. The molecule has 0 aromatic heterocycles. The molecule has 0 radical (unpaired) electrons. The van der Waals surface area contributed by atoms with Crippen molar-refractivity contribution < 1.29 is 19.8 Å². The summed E-state index contributed by atoms with van der Waals surface area (Å²) in [6.07, 6.45) is 10.0. The van der Waals surface area contributed by atoms with Crippen molar-refractivity contribution >= 4 is 23.2 Å². The van der Waals surface area contributed by atoms with Gasteiger partial charge in [0.05, 0.1) is 0 Å². The van der Waals surface area contributed by atoms with E-state index in [2.05, 4.69) is 19.1 Å². The predicted molar refractivity (Wildman–Crippen MR) is 137 cm³/mol. The third-order valence-corrected chi connectivity index (χ3v) is 10.5. The third-order valence-electron chi connectivity index (χ3n) is 10.0. The second-order valence-electron chi connectivity index (χ2n) is 11.6. The molecular formula is C30H37ClO4. The molecule has 4 aliphatic carbocycles. The molecule has 0 heterocycles. The first-order valence-electron chi connectivity index (χ1n) is 13.2. The number of hydrogen-bond acceptors (Lipinski definition) is 4. The number of ketones is 2. The lowest BCUT2D eigenvalue weighted by molar-refractivity contribution is -0.153. The van der Waals surface area contributed by atoms with Gasteiger partial charge in [0.2, 0.25) is 0 Å². The zero-order valence-corrected chi connectivity index (χ0v) is 21.6. The molecule has 0 bridgehead atoms. The standard InChI is InChI=1S/C30H37ClO4/c1-18(33)19-4-6-20(7-5-19)25-17-29(2)26(12-13-27(31)30(29,35)14-3-15-32)24-10-8-21-16-22(34)9-11-23(21)28(24)25/h4-7,13,16,23-26,28,32,35H,3,8-12,14-15,17H2,1-2H3/t23-,24-,25+,26-,28+,29-,30?/m0/s1. The second kappa shape index (κ2) is 9.28. The van der Waals surface area contributed by atoms with E-state index >= 15 is 0 Å². The van der Waals surface area contributed by atoms with Crippen LogP contribution < -0.4 is 0 Å². The van der Waals surface area contributed by atoms with Gasteiger partial charge in [-0.3, -0.25) is 9.59 Å². The van der Waals surface area contributed by atoms with Gasteiger partial charge in [-0.05, 0) is 93.1 Å². The topological polar surface area (TPSA) is 74.6 Å². The molecule has 1 aromatic carbocycles. The number of Topliss-reactive ketones (excluding diaryl/α,β-unsaturated/α-hetero) is 1. The normalized spacial score (nSPS) is 38.5. The number of allylic oxidation sites excluding steroid dienone is 3. The Labute approximate surface area is 213 Å². The van der Waals surface area contributed by atoms with Crippen molar-refractivity contribution in [2.45, 2.75) is 76.7 Å². The Hall–Kier alpha value is -1.75. The van der Waals surface area contributed by atoms with E-state index in [-0.39, 0.29) is 24.1 Å². The Balaban J connectivity index is 1.62. The van der Waals surface area contributed by atoms with Gasteiger partial charge in [-0.2, -0.15) is 0 Å². The Morgan fingerprint density at radius 3 is 2.57 bits per heavy atom. The molecule has 0 spiro atoms. The van der Waals surface area contributed by atoms with Crippen molar-refractivity contribution in [2.24, 2.45) is 29.1 Å². The largest absolute Gasteiger partial charge is 0.396 e. The Morgan fingerprint density at radius 2 is 1.89 bits per heavy atom. The Kier molecular flexibility index (Phi) is 6.61. The van der Waals surface area contributed by atoms with Crippen LogP contribution in [-0.4, -0.2) is 34.0 Å². The van der Waals surface area contributed by atoms with Gasteiger partial charge in [0.15, 0.2) is 11.6 Å². The SMILES string of the molecule is CC(=O)c1ccc([C@H]2C[C@@]3(C)[C@@H](CC=C(Cl)C3(O)CCCO)[C@@H]3CCC4=CC(=O)CC[C@@H]4[C@H]32)cc1. The number of carbonyl (C=O) groups excluding carboxylic acids is 2. The molecule has 1 unspecified atom stereocenters. The first-order valence-corrected chi connectivity index (χ1v) is 13.6. The van der Waals surface area contributed by atoms with Crippen LogP contribution >= 0.6 is 11.6 Å². The summed E-state index contributed by atoms with van der Waals surface area (Å²) in [5.74, 6) is 2.02. The summed E-state index contributed by atoms with van der Waals surface area (Å²) in [4.78, 5) is 24.2. The molecule has 5 rings (SSSR count). The summed E-state index contributed by atoms with van der Waals surface area (Å²) in [6, 6.07) is 8.05. The number of hydrogen-bond donors (Lipinski definition) is 2. The van der Waals surface area contributed by atoms with Crippen LogP contribution in [0.25, 0.3) is 0 Å². The van der Waals surface area contributed by atoms with Crippen molar-refractivity contribution in [1.82, 2.24) is 0 Å². The maximum atomic E-state index is 12.2. The molecular weight excluding hydrogens is 460 g/mol. The van der Waals surface area contributed by atoms with Crippen LogP contribution in [0.4, 0.5) is 0 Å². The highest BCUT2D eigenvalue weighted by molar-refractivity contribution is 6.30. The average Bonchev–Trinajstić information content (AvgIpc) is 2.85. The molecule has 0 amide bonds. The number of carbonyl (C=O) groups is 2. The van der Waals surface area contributed by atoms with Gasteiger partial charge in [-0.1, -0.05) is 54.4 Å². The summed E-state index contributed by atoms with van der Waals surface area (Å²) in [7, 11) is 0. The van der Waals surface area contributed by atoms with Crippen LogP contribution in [0.2, 0.25) is 0 Å². The van der Waals surface area contributed by atoms with Gasteiger partial charge < -0.3 is 10.2 Å². The lowest BCUT2D eigenvalue weighted by atomic mass is 9.42. The minimum atomic E-state index is -1.17. The fraction of sp³-hybridized carbons (Fsp3) is 0.600. The molecule has 1 aromatic rings. The lowest BCUT2D eigenvalue weighted by Crippen LogP contribution is -2.61. The van der Waals surface area contributed by atoms with Crippen molar-refractivity contribution in [3.05, 3.63) is 58.1 Å². The maximum Gasteiger partial charge on any atom is 0.159 e. The number of fused-ring (bicyclic) bond motifs is 5. The summed E-state index contributed by atoms with van der Waals surface area (Å²) >= 11 is 6.77. The smallest absolute Gasteiger partial charge is 0.159 e. The van der Waals surface area contributed by atoms with Gasteiger partial charge in [0, 0.05) is 29.0 Å². The summed E-state index contributed by atoms with van der Waals surface area (Å²) in [5, 5.41) is 22.3. The number of benzene rings is 1. The van der Waals surface area contributed by atoms with E-state index in [4.69, 9.17) is 11.6 Å². The summed E-state index contributed by atoms with van der Waals surface area (Å²) in [5.41, 5.74) is 1.64. The summed E-state index contributed by atoms with van der Waals surface area (Å²) < 4.78 is 0. The number of aliphatic hydroxyl groups is 2. The van der Waals surface area contributed by atoms with Crippen LogP contribution in [-0.2, 0) is 4.79 Å². The highest BCUT2D eigenvalue weighted by atomic mass is 35.5. The van der Waals surface area contributed by atoms with E-state index < -0.39 is 11.0 Å². The van der Waals surface area contributed by atoms with Gasteiger partial charge in [-0.25, -0.2) is 0 Å². The third kappa shape index (κ3) is 3.97. The van der Waals surface area contributed by atoms with Crippen molar-refractivity contribution in [3.63, 3.8) is 0 Å². The van der Waals surface area contributed by atoms with Crippen LogP contribution in [0.1, 0.15) is 87.1 Å². The van der Waals surface area contributed by atoms with Crippen LogP contribution in [0.5, 0.6) is 0 Å². The molecule has 7 atom stereocenters. The van der Waals surface area contributed by atoms with Crippen LogP contribution in [0, 0.1) is 29.1 Å². The minimum absolute atomic E-state index is 0.0273. The molecule has 5 heteroatoms. The van der Waals surface area contributed by atoms with Gasteiger partial charge in [0.25, 0.3) is 0 Å². The fourth-order valence-corrected chi connectivity index (χ4v) is 8.68. The minimum Gasteiger partial charge on any atom is -0.396 e. The van der Waals surface area contributed by atoms with Crippen molar-refractivity contribution in [2.75, 3.05) is 6.61 Å². The highest BCUT2D eigenvalue weighted by Crippen LogP contribution is 2.67. The quantitative estimate of drug-likeness (QED) is 0.493. The first-order chi connectivity index (χ1) is 16.7. The van der Waals surface area contributed by atoms with E-state index in [9.17, 15) is 19.8 Å². The number of rotatable bonds is 5. The fourth-order valence-electron chi connectivity index (χ4n) is 8.28. The number of halogens is 1. The monoisotopic (exact) mass is 496 g/mol. The van der Waals surface area contributed by atoms with Crippen molar-refractivity contribution in [3.8, 4) is 0 Å². The Bertz CT molecular complexity index is 1070. The van der Waals surface area contributed by atoms with E-state index in [0.29, 0.717) is 53.5 Å². The molecule has 2 fully saturated rings. The molecule has 0 saturated heterocycles. The van der Waals surface area contributed by atoms with E-state index in [0.717, 1.165) is 32.1 Å². The molecule has 188 valence electrons. The maximum absolute atomic E-state index is 12.2. The molecule has 35 heavy (non-hydrogen) atoms. The Morgan fingerprint density at radius 1 is 1.14 bits per heavy atom. The zero-order chi connectivity index (χ0) is 25.0. The van der Waals surface area contributed by atoms with Crippen molar-refractivity contribution in [1.29, 1.82) is 0 Å². The predicted octanol–water partition coefficient (Wildman–Crippen LogP) is 5.96. The zero-order valence-electron chi connectivity index (χ0n) is 20.8.